The van der Waals surface area contributed by atoms with E-state index in [1.807, 2.05) is 18.2 Å². The lowest BCUT2D eigenvalue weighted by atomic mass is 9.83. The summed E-state index contributed by atoms with van der Waals surface area (Å²) in [4.78, 5) is 0. The van der Waals surface area contributed by atoms with Gasteiger partial charge in [0.2, 0.25) is 0 Å². The predicted octanol–water partition coefficient (Wildman–Crippen LogP) is 4.42. The number of nitrogens with two attached hydrogens (primary N) is 1. The Balaban J connectivity index is 2.42. The molecule has 1 unspecified atom stereocenters. The van der Waals surface area contributed by atoms with Gasteiger partial charge in [-0.2, -0.15) is 0 Å². The van der Waals surface area contributed by atoms with Gasteiger partial charge in [0.1, 0.15) is 11.6 Å². The highest BCUT2D eigenvalue weighted by Gasteiger charge is 2.21. The summed E-state index contributed by atoms with van der Waals surface area (Å²) in [6.45, 7) is 6.96. The lowest BCUT2D eigenvalue weighted by Crippen LogP contribution is -2.18. The van der Waals surface area contributed by atoms with Crippen molar-refractivity contribution >= 4 is 0 Å². The van der Waals surface area contributed by atoms with Crippen molar-refractivity contribution < 1.29 is 9.13 Å². The first kappa shape index (κ1) is 17.5. The summed E-state index contributed by atoms with van der Waals surface area (Å²) in [5.74, 6) is 0.644. The molecule has 0 amide bonds. The molecule has 2 nitrogen and oxygen atoms in total. The maximum atomic E-state index is 14.0. The van der Waals surface area contributed by atoms with Crippen molar-refractivity contribution in [3.05, 3.63) is 65.0 Å². The van der Waals surface area contributed by atoms with Gasteiger partial charge in [-0.15, -0.1) is 0 Å². The van der Waals surface area contributed by atoms with Crippen LogP contribution in [0.2, 0.25) is 0 Å². The largest absolute Gasteiger partial charge is 0.496 e. The first-order valence-corrected chi connectivity index (χ1v) is 7.98. The number of rotatable bonds is 5. The van der Waals surface area contributed by atoms with Crippen molar-refractivity contribution in [2.45, 2.75) is 38.5 Å². The van der Waals surface area contributed by atoms with Gasteiger partial charge in [0.05, 0.1) is 7.11 Å². The summed E-state index contributed by atoms with van der Waals surface area (Å²) in [5.41, 5.74) is 9.00. The third kappa shape index (κ3) is 4.11. The van der Waals surface area contributed by atoms with E-state index in [2.05, 4.69) is 32.9 Å². The Morgan fingerprint density at radius 1 is 1.13 bits per heavy atom. The summed E-state index contributed by atoms with van der Waals surface area (Å²) in [7, 11) is 1.66. The minimum Gasteiger partial charge on any atom is -0.496 e. The van der Waals surface area contributed by atoms with E-state index in [-0.39, 0.29) is 17.2 Å². The zero-order valence-corrected chi connectivity index (χ0v) is 14.4. The van der Waals surface area contributed by atoms with Crippen molar-refractivity contribution in [3.63, 3.8) is 0 Å². The molecule has 0 fully saturated rings. The highest BCUT2D eigenvalue weighted by molar-refractivity contribution is 5.43. The number of halogens is 1. The van der Waals surface area contributed by atoms with E-state index < -0.39 is 0 Å². The van der Waals surface area contributed by atoms with Gasteiger partial charge in [0.25, 0.3) is 0 Å². The molecule has 0 aliphatic heterocycles. The SMILES string of the molecule is COc1ccc(C(C)(C)C)cc1C(CN)Cc1ccccc1F. The van der Waals surface area contributed by atoms with E-state index in [4.69, 9.17) is 10.5 Å². The van der Waals surface area contributed by atoms with E-state index in [0.29, 0.717) is 18.5 Å². The maximum absolute atomic E-state index is 14.0. The Bertz CT molecular complexity index is 661. The van der Waals surface area contributed by atoms with Gasteiger partial charge in [-0.05, 0) is 47.2 Å². The van der Waals surface area contributed by atoms with Gasteiger partial charge in [0, 0.05) is 5.92 Å². The van der Waals surface area contributed by atoms with Gasteiger partial charge in [0.15, 0.2) is 0 Å². The van der Waals surface area contributed by atoms with Crippen LogP contribution in [0.15, 0.2) is 42.5 Å². The first-order chi connectivity index (χ1) is 10.9. The first-order valence-electron chi connectivity index (χ1n) is 7.98. The molecule has 3 heteroatoms. The van der Waals surface area contributed by atoms with Crippen LogP contribution in [0.5, 0.6) is 5.75 Å². The fraction of sp³-hybridized carbons (Fsp3) is 0.400. The van der Waals surface area contributed by atoms with E-state index in [0.717, 1.165) is 11.3 Å². The normalized spacial score (nSPS) is 13.0. The molecule has 0 heterocycles. The fourth-order valence-corrected chi connectivity index (χ4v) is 2.77. The molecule has 0 saturated heterocycles. The van der Waals surface area contributed by atoms with Crippen LogP contribution in [-0.4, -0.2) is 13.7 Å². The Labute approximate surface area is 138 Å². The maximum Gasteiger partial charge on any atom is 0.126 e. The third-order valence-corrected chi connectivity index (χ3v) is 4.24. The van der Waals surface area contributed by atoms with Crippen LogP contribution in [0.25, 0.3) is 0 Å². The second-order valence-corrected chi connectivity index (χ2v) is 6.93. The lowest BCUT2D eigenvalue weighted by Gasteiger charge is -2.24. The smallest absolute Gasteiger partial charge is 0.126 e. The highest BCUT2D eigenvalue weighted by Crippen LogP contribution is 2.34. The van der Waals surface area contributed by atoms with Crippen LogP contribution < -0.4 is 10.5 Å². The predicted molar refractivity (Wildman–Crippen MR) is 93.6 cm³/mol. The Morgan fingerprint density at radius 3 is 2.39 bits per heavy atom. The van der Waals surface area contributed by atoms with E-state index >= 15 is 0 Å². The summed E-state index contributed by atoms with van der Waals surface area (Å²) in [6.07, 6.45) is 0.563. The minimum absolute atomic E-state index is 0.0177. The molecule has 0 aliphatic rings. The number of benzene rings is 2. The van der Waals surface area contributed by atoms with E-state index in [1.165, 1.54) is 11.6 Å². The van der Waals surface area contributed by atoms with Crippen molar-refractivity contribution in [3.8, 4) is 5.75 Å². The van der Waals surface area contributed by atoms with Crippen LogP contribution >= 0.6 is 0 Å². The molecule has 0 bridgehead atoms. The Kier molecular flexibility index (Phi) is 5.42. The monoisotopic (exact) mass is 315 g/mol. The van der Waals surface area contributed by atoms with Crippen LogP contribution in [0.3, 0.4) is 0 Å². The zero-order chi connectivity index (χ0) is 17.0. The quantitative estimate of drug-likeness (QED) is 0.886. The number of hydrogen-bond acceptors (Lipinski definition) is 2. The molecule has 2 N–H and O–H groups in total. The molecule has 0 spiro atoms. The van der Waals surface area contributed by atoms with Crippen molar-refractivity contribution in [1.29, 1.82) is 0 Å². The molecule has 0 radical (unpaired) electrons. The van der Waals surface area contributed by atoms with Gasteiger partial charge in [-0.1, -0.05) is 51.1 Å². The number of ether oxygens (including phenoxy) is 1. The average Bonchev–Trinajstić information content (AvgIpc) is 2.52. The molecule has 23 heavy (non-hydrogen) atoms. The molecule has 124 valence electrons. The van der Waals surface area contributed by atoms with Crippen LogP contribution in [0.1, 0.15) is 43.4 Å². The minimum atomic E-state index is -0.183. The van der Waals surface area contributed by atoms with Gasteiger partial charge in [-0.3, -0.25) is 0 Å². The standard InChI is InChI=1S/C20H26FNO/c1-20(2,3)16-9-10-19(23-4)17(12-16)15(13-22)11-14-7-5-6-8-18(14)21/h5-10,12,15H,11,13,22H2,1-4H3. The number of methoxy groups -OCH3 is 1. The summed E-state index contributed by atoms with van der Waals surface area (Å²) in [5, 5.41) is 0. The van der Waals surface area contributed by atoms with Crippen LogP contribution in [0.4, 0.5) is 4.39 Å². The Morgan fingerprint density at radius 2 is 1.83 bits per heavy atom. The molecule has 0 aromatic heterocycles. The van der Waals surface area contributed by atoms with Crippen molar-refractivity contribution in [2.75, 3.05) is 13.7 Å². The average molecular weight is 315 g/mol. The topological polar surface area (TPSA) is 35.2 Å². The van der Waals surface area contributed by atoms with Gasteiger partial charge in [-0.25, -0.2) is 4.39 Å². The molecule has 1 atom stereocenters. The van der Waals surface area contributed by atoms with Crippen LogP contribution in [0, 0.1) is 5.82 Å². The fourth-order valence-electron chi connectivity index (χ4n) is 2.77. The van der Waals surface area contributed by atoms with Crippen molar-refractivity contribution in [2.24, 2.45) is 5.73 Å². The van der Waals surface area contributed by atoms with E-state index in [9.17, 15) is 4.39 Å². The molecule has 0 saturated carbocycles. The molecular formula is C20H26FNO. The second-order valence-electron chi connectivity index (χ2n) is 6.93. The highest BCUT2D eigenvalue weighted by atomic mass is 19.1. The molecule has 2 rings (SSSR count). The molecule has 0 aliphatic carbocycles. The molecule has 2 aromatic carbocycles. The summed E-state index contributed by atoms with van der Waals surface area (Å²) in [6, 6.07) is 13.1. The van der Waals surface area contributed by atoms with Crippen molar-refractivity contribution in [1.82, 2.24) is 0 Å². The van der Waals surface area contributed by atoms with Gasteiger partial charge >= 0.3 is 0 Å². The summed E-state index contributed by atoms with van der Waals surface area (Å²) < 4.78 is 19.5. The molecule has 2 aromatic rings. The van der Waals surface area contributed by atoms with E-state index in [1.54, 1.807) is 13.2 Å². The zero-order valence-electron chi connectivity index (χ0n) is 14.4. The second kappa shape index (κ2) is 7.14. The summed E-state index contributed by atoms with van der Waals surface area (Å²) >= 11 is 0. The van der Waals surface area contributed by atoms with Gasteiger partial charge < -0.3 is 10.5 Å². The third-order valence-electron chi connectivity index (χ3n) is 4.24. The Hall–Kier alpha value is -1.87. The number of hydrogen-bond donors (Lipinski definition) is 1. The molecular weight excluding hydrogens is 289 g/mol. The lowest BCUT2D eigenvalue weighted by molar-refractivity contribution is 0.404. The van der Waals surface area contributed by atoms with Crippen LogP contribution in [-0.2, 0) is 11.8 Å².